The summed E-state index contributed by atoms with van der Waals surface area (Å²) in [6, 6.07) is 7.40. The minimum atomic E-state index is -3.68. The number of rotatable bonds is 6. The fourth-order valence-electron chi connectivity index (χ4n) is 2.04. The molecule has 0 fully saturated rings. The Hall–Kier alpha value is -1.86. The van der Waals surface area contributed by atoms with Gasteiger partial charge in [0.1, 0.15) is 0 Å². The van der Waals surface area contributed by atoms with Crippen molar-refractivity contribution in [1.82, 2.24) is 9.55 Å². The SMILES string of the molecule is Cc1cccc(N(CCCN)S(=O)(=O)c2cn(C)cn2)c1. The van der Waals surface area contributed by atoms with Gasteiger partial charge in [0.15, 0.2) is 5.03 Å². The van der Waals surface area contributed by atoms with E-state index in [4.69, 9.17) is 5.73 Å². The molecule has 1 aromatic heterocycles. The molecule has 0 saturated heterocycles. The second-order valence-corrected chi connectivity index (χ2v) is 6.74. The van der Waals surface area contributed by atoms with Gasteiger partial charge in [-0.1, -0.05) is 12.1 Å². The Morgan fingerprint density at radius 1 is 1.38 bits per heavy atom. The van der Waals surface area contributed by atoms with Gasteiger partial charge in [-0.2, -0.15) is 8.42 Å². The van der Waals surface area contributed by atoms with Crippen molar-refractivity contribution in [2.24, 2.45) is 12.8 Å². The van der Waals surface area contributed by atoms with Crippen LogP contribution in [0.15, 0.2) is 41.8 Å². The van der Waals surface area contributed by atoms with Gasteiger partial charge in [-0.25, -0.2) is 4.98 Å². The first kappa shape index (κ1) is 15.5. The van der Waals surface area contributed by atoms with Crippen molar-refractivity contribution in [3.05, 3.63) is 42.4 Å². The molecule has 0 aliphatic rings. The van der Waals surface area contributed by atoms with Crippen LogP contribution >= 0.6 is 0 Å². The second-order valence-electron chi connectivity index (χ2n) is 4.94. The van der Waals surface area contributed by atoms with Crippen LogP contribution in [0.25, 0.3) is 0 Å². The highest BCUT2D eigenvalue weighted by molar-refractivity contribution is 7.92. The Bertz CT molecular complexity index is 709. The first-order valence-corrected chi connectivity index (χ1v) is 8.16. The van der Waals surface area contributed by atoms with E-state index < -0.39 is 10.0 Å². The number of hydrogen-bond acceptors (Lipinski definition) is 4. The average Bonchev–Trinajstić information content (AvgIpc) is 2.86. The molecule has 2 aromatic rings. The third kappa shape index (κ3) is 3.43. The van der Waals surface area contributed by atoms with Gasteiger partial charge in [0.2, 0.25) is 0 Å². The lowest BCUT2D eigenvalue weighted by atomic mass is 10.2. The van der Waals surface area contributed by atoms with Crippen LogP contribution < -0.4 is 10.0 Å². The third-order valence-electron chi connectivity index (χ3n) is 3.09. The Labute approximate surface area is 125 Å². The zero-order valence-electron chi connectivity index (χ0n) is 12.2. The summed E-state index contributed by atoms with van der Waals surface area (Å²) in [6.07, 6.45) is 3.56. The molecule has 114 valence electrons. The third-order valence-corrected chi connectivity index (χ3v) is 4.80. The van der Waals surface area contributed by atoms with Crippen molar-refractivity contribution in [2.75, 3.05) is 17.4 Å². The molecule has 0 unspecified atom stereocenters. The molecule has 0 saturated carbocycles. The van der Waals surface area contributed by atoms with Gasteiger partial charge in [0, 0.05) is 19.8 Å². The van der Waals surface area contributed by atoms with E-state index in [1.54, 1.807) is 17.7 Å². The van der Waals surface area contributed by atoms with Crippen LogP contribution in [0, 0.1) is 6.92 Å². The van der Waals surface area contributed by atoms with Crippen LogP contribution in [0.1, 0.15) is 12.0 Å². The molecule has 1 aromatic carbocycles. The van der Waals surface area contributed by atoms with Crippen LogP contribution in [0.4, 0.5) is 5.69 Å². The molecule has 0 aliphatic carbocycles. The Balaban J connectivity index is 2.44. The smallest absolute Gasteiger partial charge is 0.283 e. The maximum Gasteiger partial charge on any atom is 0.283 e. The molecular weight excluding hydrogens is 288 g/mol. The lowest BCUT2D eigenvalue weighted by Crippen LogP contribution is -2.33. The Morgan fingerprint density at radius 2 is 2.14 bits per heavy atom. The fraction of sp³-hybridized carbons (Fsp3) is 0.357. The Morgan fingerprint density at radius 3 is 2.71 bits per heavy atom. The molecule has 0 bridgehead atoms. The summed E-state index contributed by atoms with van der Waals surface area (Å²) in [5.41, 5.74) is 7.16. The molecule has 7 heteroatoms. The molecule has 0 atom stereocenters. The van der Waals surface area contributed by atoms with Gasteiger partial charge in [0.05, 0.1) is 12.0 Å². The topological polar surface area (TPSA) is 81.2 Å². The zero-order chi connectivity index (χ0) is 15.5. The van der Waals surface area contributed by atoms with Gasteiger partial charge in [-0.05, 0) is 37.6 Å². The summed E-state index contributed by atoms with van der Waals surface area (Å²) < 4.78 is 28.5. The normalized spacial score (nSPS) is 11.6. The van der Waals surface area contributed by atoms with E-state index in [2.05, 4.69) is 4.98 Å². The summed E-state index contributed by atoms with van der Waals surface area (Å²) in [4.78, 5) is 3.97. The molecule has 2 rings (SSSR count). The van der Waals surface area contributed by atoms with E-state index in [-0.39, 0.29) is 5.03 Å². The largest absolute Gasteiger partial charge is 0.339 e. The number of hydrogen-bond donors (Lipinski definition) is 1. The van der Waals surface area contributed by atoms with Crippen LogP contribution in [0.3, 0.4) is 0 Å². The predicted octanol–water partition coefficient (Wildman–Crippen LogP) is 1.27. The predicted molar refractivity (Wildman–Crippen MR) is 82.6 cm³/mol. The van der Waals surface area contributed by atoms with Gasteiger partial charge in [-0.3, -0.25) is 4.31 Å². The van der Waals surface area contributed by atoms with E-state index >= 15 is 0 Å². The number of aryl methyl sites for hydroxylation is 2. The van der Waals surface area contributed by atoms with Crippen molar-refractivity contribution in [2.45, 2.75) is 18.4 Å². The summed E-state index contributed by atoms with van der Waals surface area (Å²) in [5.74, 6) is 0. The molecule has 6 nitrogen and oxygen atoms in total. The summed E-state index contributed by atoms with van der Waals surface area (Å²) >= 11 is 0. The van der Waals surface area contributed by atoms with Crippen molar-refractivity contribution >= 4 is 15.7 Å². The van der Waals surface area contributed by atoms with Crippen LogP contribution in [-0.2, 0) is 17.1 Å². The highest BCUT2D eigenvalue weighted by Crippen LogP contribution is 2.23. The molecule has 0 amide bonds. The summed E-state index contributed by atoms with van der Waals surface area (Å²) in [7, 11) is -1.94. The van der Waals surface area contributed by atoms with Gasteiger partial charge >= 0.3 is 0 Å². The van der Waals surface area contributed by atoms with E-state index in [9.17, 15) is 8.42 Å². The standard InChI is InChI=1S/C14H20N4O2S/c1-12-5-3-6-13(9-12)18(8-4-7-15)21(19,20)14-10-17(2)11-16-14/h3,5-6,9-11H,4,7-8,15H2,1-2H3. The second kappa shape index (κ2) is 6.28. The monoisotopic (exact) mass is 308 g/mol. The molecule has 0 spiro atoms. The van der Waals surface area contributed by atoms with E-state index in [0.717, 1.165) is 5.56 Å². The number of imidazole rings is 1. The summed E-state index contributed by atoms with van der Waals surface area (Å²) in [6.45, 7) is 2.69. The number of anilines is 1. The molecule has 0 radical (unpaired) electrons. The molecule has 2 N–H and O–H groups in total. The van der Waals surface area contributed by atoms with E-state index in [1.807, 2.05) is 25.1 Å². The number of sulfonamides is 1. The van der Waals surface area contributed by atoms with Crippen molar-refractivity contribution in [1.29, 1.82) is 0 Å². The van der Waals surface area contributed by atoms with Crippen molar-refractivity contribution < 1.29 is 8.42 Å². The van der Waals surface area contributed by atoms with Crippen LogP contribution in [0.5, 0.6) is 0 Å². The number of aromatic nitrogens is 2. The highest BCUT2D eigenvalue weighted by atomic mass is 32.2. The van der Waals surface area contributed by atoms with Crippen molar-refractivity contribution in [3.63, 3.8) is 0 Å². The number of benzene rings is 1. The average molecular weight is 308 g/mol. The molecule has 0 aliphatic heterocycles. The maximum absolute atomic E-state index is 12.8. The minimum Gasteiger partial charge on any atom is -0.339 e. The fourth-order valence-corrected chi connectivity index (χ4v) is 3.51. The maximum atomic E-state index is 12.8. The van der Waals surface area contributed by atoms with Crippen LogP contribution in [0.2, 0.25) is 0 Å². The van der Waals surface area contributed by atoms with Gasteiger partial charge < -0.3 is 10.3 Å². The summed E-state index contributed by atoms with van der Waals surface area (Å²) in [5, 5.41) is 0.0449. The lowest BCUT2D eigenvalue weighted by molar-refractivity contribution is 0.586. The minimum absolute atomic E-state index is 0.0449. The lowest BCUT2D eigenvalue weighted by Gasteiger charge is -2.23. The van der Waals surface area contributed by atoms with Crippen molar-refractivity contribution in [3.8, 4) is 0 Å². The molecule has 1 heterocycles. The van der Waals surface area contributed by atoms with Crippen LogP contribution in [-0.4, -0.2) is 31.1 Å². The first-order chi connectivity index (χ1) is 9.95. The van der Waals surface area contributed by atoms with E-state index in [0.29, 0.717) is 25.2 Å². The molecular formula is C14H20N4O2S. The number of nitrogens with zero attached hydrogens (tertiary/aromatic N) is 3. The number of nitrogens with two attached hydrogens (primary N) is 1. The Kier molecular flexibility index (Phi) is 4.64. The van der Waals surface area contributed by atoms with E-state index in [1.165, 1.54) is 16.8 Å². The van der Waals surface area contributed by atoms with Gasteiger partial charge in [0.25, 0.3) is 10.0 Å². The van der Waals surface area contributed by atoms with Gasteiger partial charge in [-0.15, -0.1) is 0 Å². The highest BCUT2D eigenvalue weighted by Gasteiger charge is 2.26. The molecule has 21 heavy (non-hydrogen) atoms. The zero-order valence-corrected chi connectivity index (χ0v) is 13.0. The first-order valence-electron chi connectivity index (χ1n) is 6.72. The quantitative estimate of drug-likeness (QED) is 0.871.